The zero-order valence-electron chi connectivity index (χ0n) is 33.0. The first-order chi connectivity index (χ1) is 30.2. The van der Waals surface area contributed by atoms with Gasteiger partial charge in [0.15, 0.2) is 17.5 Å². The van der Waals surface area contributed by atoms with E-state index in [4.69, 9.17) is 19.9 Å². The van der Waals surface area contributed by atoms with Gasteiger partial charge in [-0.15, -0.1) is 11.3 Å². The smallest absolute Gasteiger partial charge is 0.164 e. The summed E-state index contributed by atoms with van der Waals surface area (Å²) in [6.45, 7) is 0. The van der Waals surface area contributed by atoms with Gasteiger partial charge in [-0.1, -0.05) is 200 Å². The molecule has 11 rings (SSSR count). The van der Waals surface area contributed by atoms with Gasteiger partial charge in [0.25, 0.3) is 0 Å². The Hall–Kier alpha value is -7.86. The van der Waals surface area contributed by atoms with E-state index >= 15 is 0 Å². The highest BCUT2D eigenvalue weighted by Gasteiger charge is 2.16. The molecule has 9 aromatic carbocycles. The van der Waals surface area contributed by atoms with Crippen LogP contribution in [0.25, 0.3) is 110 Å². The molecule has 0 aliphatic rings. The molecule has 0 atom stereocenters. The van der Waals surface area contributed by atoms with Crippen molar-refractivity contribution < 1.29 is 0 Å². The summed E-state index contributed by atoms with van der Waals surface area (Å²) in [6.07, 6.45) is 0. The fourth-order valence-corrected chi connectivity index (χ4v) is 9.14. The maximum absolute atomic E-state index is 5.10. The van der Waals surface area contributed by atoms with Gasteiger partial charge in [0.2, 0.25) is 0 Å². The Morgan fingerprint density at radius 2 is 0.721 bits per heavy atom. The zero-order chi connectivity index (χ0) is 40.5. The van der Waals surface area contributed by atoms with E-state index in [1.165, 1.54) is 43.3 Å². The molecule has 0 aliphatic heterocycles. The normalized spacial score (nSPS) is 11.3. The van der Waals surface area contributed by atoms with Crippen molar-refractivity contribution in [3.63, 3.8) is 0 Å². The molecule has 0 bridgehead atoms. The third-order valence-electron chi connectivity index (χ3n) is 11.2. The van der Waals surface area contributed by atoms with Gasteiger partial charge in [0, 0.05) is 22.3 Å². The number of fused-ring (bicyclic) bond motifs is 2. The fraction of sp³-hybridized carbons (Fsp3) is 0. The van der Waals surface area contributed by atoms with E-state index < -0.39 is 0 Å². The van der Waals surface area contributed by atoms with Gasteiger partial charge in [0.05, 0.1) is 10.2 Å². The molecule has 0 saturated heterocycles. The Morgan fingerprint density at radius 3 is 1.44 bits per heavy atom. The third kappa shape index (κ3) is 7.07. The summed E-state index contributed by atoms with van der Waals surface area (Å²) in [5, 5.41) is 3.41. The van der Waals surface area contributed by atoms with Crippen LogP contribution in [0.3, 0.4) is 0 Å². The molecule has 0 spiro atoms. The van der Waals surface area contributed by atoms with Gasteiger partial charge in [0.1, 0.15) is 5.01 Å². The molecular weight excluding hydrogens is 761 g/mol. The number of para-hydroxylation sites is 1. The number of thiazole rings is 1. The lowest BCUT2D eigenvalue weighted by Gasteiger charge is -2.15. The lowest BCUT2D eigenvalue weighted by Crippen LogP contribution is -2.00. The maximum atomic E-state index is 5.10. The molecule has 2 aromatic heterocycles. The number of nitrogens with zero attached hydrogens (tertiary/aromatic N) is 4. The minimum absolute atomic E-state index is 0.627. The van der Waals surface area contributed by atoms with Crippen LogP contribution in [0.4, 0.5) is 0 Å². The number of hydrogen-bond acceptors (Lipinski definition) is 5. The van der Waals surface area contributed by atoms with Crippen molar-refractivity contribution in [3.8, 4) is 89.2 Å². The Labute approximate surface area is 358 Å². The van der Waals surface area contributed by atoms with E-state index in [2.05, 4.69) is 176 Å². The monoisotopic (exact) mass is 796 g/mol. The SMILES string of the molecule is c1ccc(-c2ccc(-c3nc(-c4ccccc4)nc(-c4cccc(-c5cccc6c(-c7ccccc7-c7ccc(-c8nc9ccccc9s8)cc7)cccc56)c4)n3)cc2)cc1. The quantitative estimate of drug-likeness (QED) is 0.154. The van der Waals surface area contributed by atoms with E-state index in [0.29, 0.717) is 17.5 Å². The average molecular weight is 797 g/mol. The molecule has 0 saturated carbocycles. The van der Waals surface area contributed by atoms with Crippen molar-refractivity contribution in [1.82, 2.24) is 19.9 Å². The van der Waals surface area contributed by atoms with Crippen LogP contribution in [0.15, 0.2) is 218 Å². The molecule has 5 heteroatoms. The van der Waals surface area contributed by atoms with Crippen molar-refractivity contribution in [1.29, 1.82) is 0 Å². The van der Waals surface area contributed by atoms with Crippen molar-refractivity contribution in [2.75, 3.05) is 0 Å². The largest absolute Gasteiger partial charge is 0.236 e. The Kier molecular flexibility index (Phi) is 9.34. The standard InChI is InChI=1S/C56H36N4S/c1-3-14-37(15-4-1)38-28-32-41(33-29-38)54-58-53(40-16-5-2-6-17-40)59-55(60-54)44-19-11-18-43(36-44)46-22-12-24-50-48(46)23-13-25-49(50)47-21-8-7-20-45(47)39-30-34-42(35-31-39)56-57-51-26-9-10-27-52(51)61-56/h1-36H. The lowest BCUT2D eigenvalue weighted by atomic mass is 9.89. The second-order valence-corrected chi connectivity index (χ2v) is 16.0. The van der Waals surface area contributed by atoms with E-state index in [9.17, 15) is 0 Å². The van der Waals surface area contributed by atoms with Gasteiger partial charge in [-0.3, -0.25) is 0 Å². The molecule has 4 nitrogen and oxygen atoms in total. The summed E-state index contributed by atoms with van der Waals surface area (Å²) in [6, 6.07) is 76.6. The molecule has 0 amide bonds. The molecule has 0 unspecified atom stereocenters. The first kappa shape index (κ1) is 36.2. The van der Waals surface area contributed by atoms with Crippen molar-refractivity contribution in [3.05, 3.63) is 218 Å². The minimum atomic E-state index is 0.627. The van der Waals surface area contributed by atoms with Crippen LogP contribution in [0.5, 0.6) is 0 Å². The van der Waals surface area contributed by atoms with Crippen LogP contribution in [0, 0.1) is 0 Å². The first-order valence-electron chi connectivity index (χ1n) is 20.4. The van der Waals surface area contributed by atoms with Crippen molar-refractivity contribution >= 4 is 32.3 Å². The molecule has 11 aromatic rings. The Morgan fingerprint density at radius 1 is 0.262 bits per heavy atom. The minimum Gasteiger partial charge on any atom is -0.236 e. The maximum Gasteiger partial charge on any atom is 0.164 e. The molecule has 0 N–H and O–H groups in total. The topological polar surface area (TPSA) is 51.6 Å². The highest BCUT2D eigenvalue weighted by atomic mass is 32.1. The molecular formula is C56H36N4S. The fourth-order valence-electron chi connectivity index (χ4n) is 8.17. The number of benzene rings is 9. The van der Waals surface area contributed by atoms with Crippen LogP contribution in [-0.2, 0) is 0 Å². The van der Waals surface area contributed by atoms with Crippen LogP contribution in [-0.4, -0.2) is 19.9 Å². The van der Waals surface area contributed by atoms with E-state index in [1.807, 2.05) is 42.5 Å². The number of aromatic nitrogens is 4. The molecule has 286 valence electrons. The van der Waals surface area contributed by atoms with Crippen LogP contribution < -0.4 is 0 Å². The highest BCUT2D eigenvalue weighted by molar-refractivity contribution is 7.21. The average Bonchev–Trinajstić information content (AvgIpc) is 3.79. The van der Waals surface area contributed by atoms with Crippen LogP contribution in [0.1, 0.15) is 0 Å². The van der Waals surface area contributed by atoms with Gasteiger partial charge in [-0.2, -0.15) is 0 Å². The van der Waals surface area contributed by atoms with Crippen LogP contribution >= 0.6 is 11.3 Å². The Bertz CT molecular complexity index is 3310. The van der Waals surface area contributed by atoms with Crippen molar-refractivity contribution in [2.24, 2.45) is 0 Å². The second kappa shape index (κ2) is 15.7. The van der Waals surface area contributed by atoms with Gasteiger partial charge < -0.3 is 0 Å². The highest BCUT2D eigenvalue weighted by Crippen LogP contribution is 2.40. The van der Waals surface area contributed by atoms with E-state index in [1.54, 1.807) is 11.3 Å². The molecule has 2 heterocycles. The summed E-state index contributed by atoms with van der Waals surface area (Å²) in [5.74, 6) is 1.90. The molecule has 0 fully saturated rings. The van der Waals surface area contributed by atoms with Gasteiger partial charge >= 0.3 is 0 Å². The van der Waals surface area contributed by atoms with E-state index in [-0.39, 0.29) is 0 Å². The van der Waals surface area contributed by atoms with Gasteiger partial charge in [-0.05, 0) is 73.5 Å². The van der Waals surface area contributed by atoms with Gasteiger partial charge in [-0.25, -0.2) is 19.9 Å². The Balaban J connectivity index is 0.962. The predicted octanol–water partition coefficient (Wildman–Crippen LogP) is 15.0. The number of rotatable bonds is 8. The third-order valence-corrected chi connectivity index (χ3v) is 12.3. The molecule has 0 aliphatic carbocycles. The number of hydrogen-bond donors (Lipinski definition) is 0. The summed E-state index contributed by atoms with van der Waals surface area (Å²) < 4.78 is 1.20. The first-order valence-corrected chi connectivity index (χ1v) is 21.2. The molecule has 61 heavy (non-hydrogen) atoms. The molecule has 0 radical (unpaired) electrons. The summed E-state index contributed by atoms with van der Waals surface area (Å²) in [7, 11) is 0. The van der Waals surface area contributed by atoms with E-state index in [0.717, 1.165) is 49.5 Å². The summed E-state index contributed by atoms with van der Waals surface area (Å²) in [5.41, 5.74) is 14.2. The summed E-state index contributed by atoms with van der Waals surface area (Å²) in [4.78, 5) is 20.0. The lowest BCUT2D eigenvalue weighted by molar-refractivity contribution is 1.07. The second-order valence-electron chi connectivity index (χ2n) is 15.0. The van der Waals surface area contributed by atoms with Crippen molar-refractivity contribution in [2.45, 2.75) is 0 Å². The van der Waals surface area contributed by atoms with Crippen LogP contribution in [0.2, 0.25) is 0 Å². The zero-order valence-corrected chi connectivity index (χ0v) is 33.8. The predicted molar refractivity (Wildman–Crippen MR) is 254 cm³/mol. The summed E-state index contributed by atoms with van der Waals surface area (Å²) >= 11 is 1.73.